The Morgan fingerprint density at radius 3 is 2.65 bits per heavy atom. The second-order valence-electron chi connectivity index (χ2n) is 5.91. The molecule has 0 aromatic carbocycles. The Bertz CT molecular complexity index is 812. The Morgan fingerprint density at radius 2 is 2.08 bits per heavy atom. The van der Waals surface area contributed by atoms with E-state index in [1.165, 1.54) is 17.6 Å². The molecule has 0 aliphatic carbocycles. The molecule has 140 valence electrons. The van der Waals surface area contributed by atoms with Gasteiger partial charge in [-0.2, -0.15) is 13.9 Å². The van der Waals surface area contributed by atoms with Crippen LogP contribution in [-0.2, 0) is 0 Å². The van der Waals surface area contributed by atoms with Gasteiger partial charge < -0.3 is 14.7 Å². The third kappa shape index (κ3) is 3.55. The molecular formula is C16H17F2N3O4S. The molecule has 0 spiro atoms. The lowest BCUT2D eigenvalue weighted by atomic mass is 10.0. The number of carbonyl (C=O) groups excluding carboxylic acids is 1. The van der Waals surface area contributed by atoms with Crippen molar-refractivity contribution in [3.8, 4) is 5.75 Å². The number of rotatable bonds is 5. The average molecular weight is 385 g/mol. The summed E-state index contributed by atoms with van der Waals surface area (Å²) in [5, 5.41) is 14.8. The molecule has 2 aromatic rings. The minimum absolute atomic E-state index is 0.00716. The number of hydrogen-bond donors (Lipinski definition) is 1. The highest BCUT2D eigenvalue weighted by Crippen LogP contribution is 2.31. The van der Waals surface area contributed by atoms with Crippen LogP contribution in [0.25, 0.3) is 0 Å². The smallest absolute Gasteiger partial charge is 0.387 e. The molecule has 1 N–H and O–H groups in total. The molecule has 10 heteroatoms. The number of carbonyl (C=O) groups is 2. The van der Waals surface area contributed by atoms with Crippen molar-refractivity contribution < 1.29 is 28.2 Å². The van der Waals surface area contributed by atoms with E-state index in [1.807, 2.05) is 0 Å². The molecule has 0 unspecified atom stereocenters. The summed E-state index contributed by atoms with van der Waals surface area (Å²) in [7, 11) is 0. The zero-order valence-corrected chi connectivity index (χ0v) is 14.7. The largest absolute Gasteiger partial charge is 0.478 e. The van der Waals surface area contributed by atoms with Crippen molar-refractivity contribution in [3.05, 3.63) is 33.8 Å². The second-order valence-corrected chi connectivity index (χ2v) is 6.83. The van der Waals surface area contributed by atoms with Crippen LogP contribution in [0.3, 0.4) is 0 Å². The van der Waals surface area contributed by atoms with Gasteiger partial charge in [-0.25, -0.2) is 4.79 Å². The first-order valence-corrected chi connectivity index (χ1v) is 8.85. The maximum atomic E-state index is 12.6. The number of piperidine rings is 1. The summed E-state index contributed by atoms with van der Waals surface area (Å²) < 4.78 is 30.9. The van der Waals surface area contributed by atoms with Crippen LogP contribution in [-0.4, -0.2) is 51.4 Å². The van der Waals surface area contributed by atoms with Gasteiger partial charge in [0.05, 0.1) is 17.9 Å². The zero-order chi connectivity index (χ0) is 18.8. The standard InChI is InChI=1S/C16H17F2N3O4S/c1-9-11(15(23)24)8-19-21(9)10-2-5-20(6-3-10)14(22)13-12(4-7-26-13)25-16(17)18/h4,7-8,10,16H,2-3,5-6H2,1H3,(H,23,24). The second kappa shape index (κ2) is 7.40. The van der Waals surface area contributed by atoms with E-state index in [0.717, 1.165) is 11.3 Å². The van der Waals surface area contributed by atoms with Crippen LogP contribution in [0, 0.1) is 6.92 Å². The third-order valence-electron chi connectivity index (χ3n) is 4.41. The summed E-state index contributed by atoms with van der Waals surface area (Å²) in [4.78, 5) is 25.5. The number of alkyl halides is 2. The van der Waals surface area contributed by atoms with Crippen LogP contribution < -0.4 is 4.74 Å². The molecule has 0 atom stereocenters. The molecular weight excluding hydrogens is 368 g/mol. The molecule has 3 rings (SSSR count). The molecule has 1 amide bonds. The Balaban J connectivity index is 1.66. The minimum atomic E-state index is -2.98. The number of aromatic nitrogens is 2. The summed E-state index contributed by atoms with van der Waals surface area (Å²) in [6.45, 7) is -0.421. The van der Waals surface area contributed by atoms with E-state index < -0.39 is 12.6 Å². The van der Waals surface area contributed by atoms with E-state index in [2.05, 4.69) is 9.84 Å². The van der Waals surface area contributed by atoms with Crippen LogP contribution in [0.15, 0.2) is 17.6 Å². The van der Waals surface area contributed by atoms with E-state index in [4.69, 9.17) is 5.11 Å². The fourth-order valence-electron chi connectivity index (χ4n) is 3.10. The van der Waals surface area contributed by atoms with Gasteiger partial charge >= 0.3 is 12.6 Å². The van der Waals surface area contributed by atoms with Crippen molar-refractivity contribution >= 4 is 23.2 Å². The number of carboxylic acids is 1. The van der Waals surface area contributed by atoms with Crippen LogP contribution in [0.1, 0.15) is 44.6 Å². The monoisotopic (exact) mass is 385 g/mol. The molecule has 0 bridgehead atoms. The van der Waals surface area contributed by atoms with Gasteiger partial charge in [-0.15, -0.1) is 11.3 Å². The molecule has 1 saturated heterocycles. The van der Waals surface area contributed by atoms with Gasteiger partial charge in [0.25, 0.3) is 5.91 Å². The van der Waals surface area contributed by atoms with Crippen molar-refractivity contribution in [3.63, 3.8) is 0 Å². The van der Waals surface area contributed by atoms with Gasteiger partial charge in [0, 0.05) is 13.1 Å². The number of halogens is 2. The van der Waals surface area contributed by atoms with Crippen LogP contribution >= 0.6 is 11.3 Å². The predicted octanol–water partition coefficient (Wildman–Crippen LogP) is 3.03. The number of hydrogen-bond acceptors (Lipinski definition) is 5. The molecule has 1 aliphatic rings. The number of likely N-dealkylation sites (tertiary alicyclic amines) is 1. The molecule has 0 radical (unpaired) electrons. The van der Waals surface area contributed by atoms with Gasteiger partial charge in [0.1, 0.15) is 16.2 Å². The lowest BCUT2D eigenvalue weighted by molar-refractivity contribution is -0.0499. The van der Waals surface area contributed by atoms with Crippen molar-refractivity contribution in [1.82, 2.24) is 14.7 Å². The third-order valence-corrected chi connectivity index (χ3v) is 5.30. The SMILES string of the molecule is Cc1c(C(=O)O)cnn1C1CCN(C(=O)c2sccc2OC(F)F)CC1. The molecule has 7 nitrogen and oxygen atoms in total. The van der Waals surface area contributed by atoms with Gasteiger partial charge in [0.15, 0.2) is 0 Å². The average Bonchev–Trinajstić information content (AvgIpc) is 3.20. The van der Waals surface area contributed by atoms with Crippen LogP contribution in [0.4, 0.5) is 8.78 Å². The van der Waals surface area contributed by atoms with Gasteiger partial charge in [0.2, 0.25) is 0 Å². The first kappa shape index (κ1) is 18.3. The number of nitrogens with zero attached hydrogens (tertiary/aromatic N) is 3. The van der Waals surface area contributed by atoms with Gasteiger partial charge in [-0.3, -0.25) is 9.48 Å². The first-order valence-electron chi connectivity index (χ1n) is 7.97. The van der Waals surface area contributed by atoms with E-state index in [1.54, 1.807) is 16.5 Å². The Kier molecular flexibility index (Phi) is 5.21. The van der Waals surface area contributed by atoms with Gasteiger partial charge in [-0.1, -0.05) is 0 Å². The Morgan fingerprint density at radius 1 is 1.38 bits per heavy atom. The highest BCUT2D eigenvalue weighted by molar-refractivity contribution is 7.12. The number of carboxylic acid groups (broad SMARTS) is 1. The van der Waals surface area contributed by atoms with Crippen molar-refractivity contribution in [1.29, 1.82) is 0 Å². The summed E-state index contributed by atoms with van der Waals surface area (Å²) in [5.74, 6) is -1.46. The number of amides is 1. The number of aromatic carboxylic acids is 1. The first-order chi connectivity index (χ1) is 12.4. The maximum Gasteiger partial charge on any atom is 0.387 e. The summed E-state index contributed by atoms with van der Waals surface area (Å²) in [6.07, 6.45) is 2.53. The Labute approximate surface area is 151 Å². The fourth-order valence-corrected chi connectivity index (χ4v) is 3.89. The summed E-state index contributed by atoms with van der Waals surface area (Å²) >= 11 is 1.07. The summed E-state index contributed by atoms with van der Waals surface area (Å²) in [6, 6.07) is 1.35. The summed E-state index contributed by atoms with van der Waals surface area (Å²) in [5.41, 5.74) is 0.740. The highest BCUT2D eigenvalue weighted by Gasteiger charge is 2.29. The Hall–Kier alpha value is -2.49. The van der Waals surface area contributed by atoms with Crippen molar-refractivity contribution in [2.24, 2.45) is 0 Å². The van der Waals surface area contributed by atoms with E-state index in [0.29, 0.717) is 31.6 Å². The topological polar surface area (TPSA) is 84.7 Å². The zero-order valence-electron chi connectivity index (χ0n) is 13.9. The quantitative estimate of drug-likeness (QED) is 0.855. The normalized spacial score (nSPS) is 15.5. The molecule has 2 aromatic heterocycles. The lowest BCUT2D eigenvalue weighted by Crippen LogP contribution is -2.39. The van der Waals surface area contributed by atoms with Crippen LogP contribution in [0.2, 0.25) is 0 Å². The molecule has 0 saturated carbocycles. The lowest BCUT2D eigenvalue weighted by Gasteiger charge is -2.32. The molecule has 26 heavy (non-hydrogen) atoms. The van der Waals surface area contributed by atoms with E-state index >= 15 is 0 Å². The van der Waals surface area contributed by atoms with Crippen molar-refractivity contribution in [2.75, 3.05) is 13.1 Å². The number of thiophene rings is 1. The van der Waals surface area contributed by atoms with Gasteiger partial charge in [-0.05, 0) is 31.2 Å². The minimum Gasteiger partial charge on any atom is -0.478 e. The van der Waals surface area contributed by atoms with Crippen molar-refractivity contribution in [2.45, 2.75) is 32.4 Å². The van der Waals surface area contributed by atoms with E-state index in [9.17, 15) is 18.4 Å². The molecule has 3 heterocycles. The number of ether oxygens (including phenoxy) is 1. The molecule has 1 fully saturated rings. The molecule has 1 aliphatic heterocycles. The highest BCUT2D eigenvalue weighted by atomic mass is 32.1. The predicted molar refractivity (Wildman–Crippen MR) is 89.0 cm³/mol. The van der Waals surface area contributed by atoms with Crippen LogP contribution in [0.5, 0.6) is 5.75 Å². The maximum absolute atomic E-state index is 12.6. The fraction of sp³-hybridized carbons (Fsp3) is 0.438. The van der Waals surface area contributed by atoms with E-state index in [-0.39, 0.29) is 28.1 Å².